The van der Waals surface area contributed by atoms with Crippen LogP contribution in [0.3, 0.4) is 0 Å². The fourth-order valence-corrected chi connectivity index (χ4v) is 2.95. The SMILES string of the molecule is CC[C@@H](Oc1ccccc1OC)C(=O)NCCSc1ccccc1. The van der Waals surface area contributed by atoms with E-state index in [-0.39, 0.29) is 5.91 Å². The third-order valence-electron chi connectivity index (χ3n) is 3.41. The number of thioether (sulfide) groups is 1. The average Bonchev–Trinajstić information content (AvgIpc) is 2.64. The molecule has 1 N–H and O–H groups in total. The summed E-state index contributed by atoms with van der Waals surface area (Å²) in [7, 11) is 1.59. The van der Waals surface area contributed by atoms with Gasteiger partial charge in [0.05, 0.1) is 7.11 Å². The monoisotopic (exact) mass is 345 g/mol. The van der Waals surface area contributed by atoms with Gasteiger partial charge in [0.15, 0.2) is 17.6 Å². The van der Waals surface area contributed by atoms with E-state index in [0.717, 1.165) is 5.75 Å². The second-order valence-electron chi connectivity index (χ2n) is 5.12. The third kappa shape index (κ3) is 5.49. The predicted molar refractivity (Wildman–Crippen MR) is 97.9 cm³/mol. The number of hydrogen-bond acceptors (Lipinski definition) is 4. The maximum atomic E-state index is 12.3. The highest BCUT2D eigenvalue weighted by atomic mass is 32.2. The second-order valence-corrected chi connectivity index (χ2v) is 6.29. The largest absolute Gasteiger partial charge is 0.493 e. The van der Waals surface area contributed by atoms with Crippen LogP contribution in [0, 0.1) is 0 Å². The number of carbonyl (C=O) groups excluding carboxylic acids is 1. The summed E-state index contributed by atoms with van der Waals surface area (Å²) in [6.45, 7) is 2.53. The highest BCUT2D eigenvalue weighted by molar-refractivity contribution is 7.99. The van der Waals surface area contributed by atoms with Gasteiger partial charge in [-0.3, -0.25) is 4.79 Å². The van der Waals surface area contributed by atoms with E-state index in [1.165, 1.54) is 4.90 Å². The van der Waals surface area contributed by atoms with Crippen LogP contribution in [-0.4, -0.2) is 31.4 Å². The van der Waals surface area contributed by atoms with E-state index in [9.17, 15) is 4.79 Å². The lowest BCUT2D eigenvalue weighted by molar-refractivity contribution is -0.128. The molecular weight excluding hydrogens is 322 g/mol. The van der Waals surface area contributed by atoms with Crippen LogP contribution in [0.5, 0.6) is 11.5 Å². The molecule has 1 atom stereocenters. The lowest BCUT2D eigenvalue weighted by Crippen LogP contribution is -2.39. The number of methoxy groups -OCH3 is 1. The van der Waals surface area contributed by atoms with Crippen molar-refractivity contribution in [3.8, 4) is 11.5 Å². The zero-order chi connectivity index (χ0) is 17.2. The van der Waals surface area contributed by atoms with E-state index in [1.807, 2.05) is 43.3 Å². The van der Waals surface area contributed by atoms with Gasteiger partial charge < -0.3 is 14.8 Å². The Hall–Kier alpha value is -2.14. The van der Waals surface area contributed by atoms with Crippen LogP contribution in [0.25, 0.3) is 0 Å². The lowest BCUT2D eigenvalue weighted by atomic mass is 10.2. The van der Waals surface area contributed by atoms with Gasteiger partial charge in [-0.05, 0) is 30.7 Å². The van der Waals surface area contributed by atoms with Gasteiger partial charge in [0, 0.05) is 17.2 Å². The summed E-state index contributed by atoms with van der Waals surface area (Å²) in [6.07, 6.45) is 0.0680. The van der Waals surface area contributed by atoms with Crippen LogP contribution in [-0.2, 0) is 4.79 Å². The first-order valence-corrected chi connectivity index (χ1v) is 8.98. The fourth-order valence-electron chi connectivity index (χ4n) is 2.17. The molecule has 0 aliphatic heterocycles. The molecule has 0 heterocycles. The van der Waals surface area contributed by atoms with E-state index in [0.29, 0.717) is 24.5 Å². The van der Waals surface area contributed by atoms with Gasteiger partial charge in [-0.1, -0.05) is 37.3 Å². The number of ether oxygens (including phenoxy) is 2. The van der Waals surface area contributed by atoms with Gasteiger partial charge in [0.1, 0.15) is 0 Å². The molecule has 0 fully saturated rings. The van der Waals surface area contributed by atoms with Crippen molar-refractivity contribution in [3.63, 3.8) is 0 Å². The minimum absolute atomic E-state index is 0.0999. The zero-order valence-corrected chi connectivity index (χ0v) is 14.8. The molecular formula is C19H23NO3S. The Morgan fingerprint density at radius 1 is 1.08 bits per heavy atom. The molecule has 0 aromatic heterocycles. The normalized spacial score (nSPS) is 11.6. The van der Waals surface area contributed by atoms with Crippen molar-refractivity contribution in [2.45, 2.75) is 24.3 Å². The van der Waals surface area contributed by atoms with Gasteiger partial charge >= 0.3 is 0 Å². The number of para-hydroxylation sites is 2. The van der Waals surface area contributed by atoms with Gasteiger partial charge in [0.25, 0.3) is 5.91 Å². The van der Waals surface area contributed by atoms with Crippen molar-refractivity contribution in [2.24, 2.45) is 0 Å². The fraction of sp³-hybridized carbons (Fsp3) is 0.316. The Bertz CT molecular complexity index is 634. The quantitative estimate of drug-likeness (QED) is 0.555. The van der Waals surface area contributed by atoms with Gasteiger partial charge in [-0.2, -0.15) is 0 Å². The van der Waals surface area contributed by atoms with Crippen molar-refractivity contribution in [1.29, 1.82) is 0 Å². The van der Waals surface area contributed by atoms with Crippen molar-refractivity contribution in [3.05, 3.63) is 54.6 Å². The van der Waals surface area contributed by atoms with Crippen LogP contribution in [0.1, 0.15) is 13.3 Å². The Labute approximate surface area is 147 Å². The maximum Gasteiger partial charge on any atom is 0.261 e. The molecule has 0 saturated heterocycles. The van der Waals surface area contributed by atoms with E-state index in [1.54, 1.807) is 24.9 Å². The van der Waals surface area contributed by atoms with E-state index < -0.39 is 6.10 Å². The lowest BCUT2D eigenvalue weighted by Gasteiger charge is -2.18. The highest BCUT2D eigenvalue weighted by Gasteiger charge is 2.19. The molecule has 0 radical (unpaired) electrons. The van der Waals surface area contributed by atoms with Crippen LogP contribution in [0.2, 0.25) is 0 Å². The van der Waals surface area contributed by atoms with Crippen molar-refractivity contribution < 1.29 is 14.3 Å². The standard InChI is InChI=1S/C19H23NO3S/c1-3-16(23-18-12-8-7-11-17(18)22-2)19(21)20-13-14-24-15-9-5-4-6-10-15/h4-12,16H,3,13-14H2,1-2H3,(H,20,21)/t16-/m1/s1. The number of nitrogens with one attached hydrogen (secondary N) is 1. The molecule has 0 spiro atoms. The number of rotatable bonds is 9. The summed E-state index contributed by atoms with van der Waals surface area (Å²) >= 11 is 1.72. The number of benzene rings is 2. The Kier molecular flexibility index (Phi) is 7.49. The van der Waals surface area contributed by atoms with Crippen molar-refractivity contribution in [2.75, 3.05) is 19.4 Å². The van der Waals surface area contributed by atoms with Crippen molar-refractivity contribution in [1.82, 2.24) is 5.32 Å². The molecule has 2 aromatic rings. The average molecular weight is 345 g/mol. The molecule has 0 saturated carbocycles. The molecule has 24 heavy (non-hydrogen) atoms. The smallest absolute Gasteiger partial charge is 0.261 e. The number of amides is 1. The van der Waals surface area contributed by atoms with Gasteiger partial charge in [-0.15, -0.1) is 11.8 Å². The predicted octanol–water partition coefficient (Wildman–Crippen LogP) is 3.76. The summed E-state index contributed by atoms with van der Waals surface area (Å²) in [5, 5.41) is 2.94. The second kappa shape index (κ2) is 9.88. The topological polar surface area (TPSA) is 47.6 Å². The summed E-state index contributed by atoms with van der Waals surface area (Å²) < 4.78 is 11.1. The minimum Gasteiger partial charge on any atom is -0.493 e. The highest BCUT2D eigenvalue weighted by Crippen LogP contribution is 2.27. The Morgan fingerprint density at radius 3 is 2.42 bits per heavy atom. The van der Waals surface area contributed by atoms with Crippen LogP contribution in [0.15, 0.2) is 59.5 Å². The van der Waals surface area contributed by atoms with Crippen LogP contribution in [0.4, 0.5) is 0 Å². The van der Waals surface area contributed by atoms with Gasteiger partial charge in [-0.25, -0.2) is 0 Å². The zero-order valence-electron chi connectivity index (χ0n) is 14.0. The molecule has 0 aliphatic rings. The summed E-state index contributed by atoms with van der Waals surface area (Å²) in [5.74, 6) is 1.93. The van der Waals surface area contributed by atoms with Crippen molar-refractivity contribution >= 4 is 17.7 Å². The first kappa shape index (κ1) is 18.2. The molecule has 5 heteroatoms. The minimum atomic E-state index is -0.525. The van der Waals surface area contributed by atoms with Gasteiger partial charge in [0.2, 0.25) is 0 Å². The number of hydrogen-bond donors (Lipinski definition) is 1. The Balaban J connectivity index is 1.81. The first-order valence-electron chi connectivity index (χ1n) is 7.99. The molecule has 4 nitrogen and oxygen atoms in total. The molecule has 0 bridgehead atoms. The molecule has 0 unspecified atom stereocenters. The molecule has 128 valence electrons. The van der Waals surface area contributed by atoms with E-state index >= 15 is 0 Å². The first-order chi connectivity index (χ1) is 11.7. The number of carbonyl (C=O) groups is 1. The van der Waals surface area contributed by atoms with Crippen LogP contribution < -0.4 is 14.8 Å². The molecule has 0 aliphatic carbocycles. The summed E-state index contributed by atoms with van der Waals surface area (Å²) in [4.78, 5) is 13.5. The third-order valence-corrected chi connectivity index (χ3v) is 4.43. The molecule has 2 aromatic carbocycles. The van der Waals surface area contributed by atoms with Crippen LogP contribution >= 0.6 is 11.8 Å². The summed E-state index contributed by atoms with van der Waals surface area (Å²) in [6, 6.07) is 17.5. The molecule has 1 amide bonds. The molecule has 2 rings (SSSR count). The maximum absolute atomic E-state index is 12.3. The van der Waals surface area contributed by atoms with E-state index in [4.69, 9.17) is 9.47 Å². The van der Waals surface area contributed by atoms with E-state index in [2.05, 4.69) is 17.4 Å². The Morgan fingerprint density at radius 2 is 1.75 bits per heavy atom. The summed E-state index contributed by atoms with van der Waals surface area (Å²) in [5.41, 5.74) is 0.